The fourth-order valence-corrected chi connectivity index (χ4v) is 2.83. The summed E-state index contributed by atoms with van der Waals surface area (Å²) in [6.45, 7) is 0. The van der Waals surface area contributed by atoms with Crippen LogP contribution in [0.2, 0.25) is 0 Å². The number of fused-ring (bicyclic) bond motifs is 1. The first-order valence-electron chi connectivity index (χ1n) is 6.35. The zero-order valence-corrected chi connectivity index (χ0v) is 12.1. The van der Waals surface area contributed by atoms with Crippen LogP contribution >= 0.6 is 11.8 Å². The normalized spacial score (nSPS) is 12.6. The van der Waals surface area contributed by atoms with Gasteiger partial charge in [-0.1, -0.05) is 11.8 Å². The zero-order valence-electron chi connectivity index (χ0n) is 11.2. The van der Waals surface area contributed by atoms with Gasteiger partial charge in [0.25, 0.3) is 5.56 Å². The summed E-state index contributed by atoms with van der Waals surface area (Å²) in [6, 6.07) is 8.04. The van der Waals surface area contributed by atoms with Crippen molar-refractivity contribution in [3.8, 4) is 17.5 Å². The molecule has 1 aliphatic rings. The Morgan fingerprint density at radius 3 is 2.77 bits per heavy atom. The highest BCUT2D eigenvalue weighted by Gasteiger charge is 2.26. The van der Waals surface area contributed by atoms with Gasteiger partial charge in [-0.05, 0) is 24.3 Å². The third-order valence-corrected chi connectivity index (χ3v) is 3.92. The zero-order chi connectivity index (χ0) is 15.7. The smallest absolute Gasteiger partial charge is 0.264 e. The van der Waals surface area contributed by atoms with Gasteiger partial charge < -0.3 is 10.4 Å². The van der Waals surface area contributed by atoms with Crippen LogP contribution in [0.1, 0.15) is 5.56 Å². The number of thioether (sulfide) groups is 1. The topological polar surface area (TPSA) is 108 Å². The van der Waals surface area contributed by atoms with Crippen LogP contribution < -0.4 is 10.9 Å². The molecule has 0 saturated heterocycles. The highest BCUT2D eigenvalue weighted by Crippen LogP contribution is 2.25. The largest absolute Gasteiger partial charge is 0.508 e. The molecule has 0 spiro atoms. The van der Waals surface area contributed by atoms with Crippen molar-refractivity contribution in [2.75, 3.05) is 11.1 Å². The summed E-state index contributed by atoms with van der Waals surface area (Å²) >= 11 is 1.10. The Balaban J connectivity index is 2.21. The maximum Gasteiger partial charge on any atom is 0.264 e. The van der Waals surface area contributed by atoms with Gasteiger partial charge in [-0.15, -0.1) is 0 Å². The van der Waals surface area contributed by atoms with Crippen molar-refractivity contribution in [1.29, 1.82) is 5.26 Å². The predicted octanol–water partition coefficient (Wildman–Crippen LogP) is 1.05. The molecule has 2 aromatic rings. The molecule has 0 fully saturated rings. The van der Waals surface area contributed by atoms with Crippen molar-refractivity contribution >= 4 is 23.5 Å². The average molecular weight is 314 g/mol. The summed E-state index contributed by atoms with van der Waals surface area (Å²) in [5.74, 6) is 0.177. The minimum absolute atomic E-state index is 0.0115. The van der Waals surface area contributed by atoms with E-state index in [0.29, 0.717) is 16.4 Å². The molecule has 0 saturated carbocycles. The standard InChI is InChI=1S/C14H10N4O3S/c15-5-6-22-14-17-12-10(7-11(20)16-12)13(21)18(14)8-1-3-9(19)4-2-8/h1-4,19H,6-7H2,(H,16,20). The molecular formula is C14H10N4O3S. The first-order chi connectivity index (χ1) is 10.6. The Labute approximate surface area is 129 Å². The van der Waals surface area contributed by atoms with Crippen molar-refractivity contribution in [3.05, 3.63) is 40.2 Å². The molecule has 0 radical (unpaired) electrons. The molecule has 8 heteroatoms. The van der Waals surface area contributed by atoms with E-state index >= 15 is 0 Å². The molecule has 2 N–H and O–H groups in total. The van der Waals surface area contributed by atoms with Gasteiger partial charge in [0, 0.05) is 0 Å². The minimum atomic E-state index is -0.352. The molecule has 0 bridgehead atoms. The number of nitriles is 1. The molecule has 0 unspecified atom stereocenters. The van der Waals surface area contributed by atoms with Gasteiger partial charge in [0.2, 0.25) is 5.91 Å². The van der Waals surface area contributed by atoms with Gasteiger partial charge in [0.1, 0.15) is 11.6 Å². The molecule has 1 aliphatic heterocycles. The lowest BCUT2D eigenvalue weighted by Gasteiger charge is -2.12. The maximum atomic E-state index is 12.6. The van der Waals surface area contributed by atoms with Gasteiger partial charge in [0.05, 0.1) is 29.5 Å². The number of aromatic nitrogens is 2. The number of benzene rings is 1. The van der Waals surface area contributed by atoms with Gasteiger partial charge in [-0.3, -0.25) is 14.2 Å². The monoisotopic (exact) mass is 314 g/mol. The Hall–Kier alpha value is -2.79. The van der Waals surface area contributed by atoms with Crippen molar-refractivity contribution in [3.63, 3.8) is 0 Å². The molecule has 1 aromatic carbocycles. The number of amides is 1. The van der Waals surface area contributed by atoms with E-state index in [4.69, 9.17) is 5.26 Å². The first-order valence-corrected chi connectivity index (χ1v) is 7.33. The molecule has 3 rings (SSSR count). The van der Waals surface area contributed by atoms with Crippen LogP contribution in [0, 0.1) is 11.3 Å². The Bertz CT molecular complexity index is 852. The van der Waals surface area contributed by atoms with Crippen molar-refractivity contribution < 1.29 is 9.90 Å². The van der Waals surface area contributed by atoms with E-state index in [2.05, 4.69) is 10.3 Å². The number of rotatable bonds is 3. The number of phenols is 1. The fourth-order valence-electron chi connectivity index (χ4n) is 2.16. The number of carbonyl (C=O) groups excluding carboxylic acids is 1. The van der Waals surface area contributed by atoms with Crippen LogP contribution in [0.25, 0.3) is 5.69 Å². The second-order valence-electron chi connectivity index (χ2n) is 4.55. The number of carbonyl (C=O) groups is 1. The van der Waals surface area contributed by atoms with Crippen LogP contribution in [-0.4, -0.2) is 26.3 Å². The fraction of sp³-hybridized carbons (Fsp3) is 0.143. The maximum absolute atomic E-state index is 12.6. The van der Waals surface area contributed by atoms with E-state index in [1.807, 2.05) is 6.07 Å². The highest BCUT2D eigenvalue weighted by molar-refractivity contribution is 7.99. The molecule has 0 aliphatic carbocycles. The Morgan fingerprint density at radius 1 is 1.36 bits per heavy atom. The van der Waals surface area contributed by atoms with E-state index in [9.17, 15) is 14.7 Å². The number of phenolic OH excluding ortho intramolecular Hbond substituents is 1. The van der Waals surface area contributed by atoms with Gasteiger partial charge in [-0.25, -0.2) is 4.98 Å². The minimum Gasteiger partial charge on any atom is -0.508 e. The summed E-state index contributed by atoms with van der Waals surface area (Å²) in [6.07, 6.45) is -0.0115. The lowest BCUT2D eigenvalue weighted by atomic mass is 10.2. The number of hydrogen-bond donors (Lipinski definition) is 2. The molecule has 1 aromatic heterocycles. The molecule has 1 amide bonds. The number of hydrogen-bond acceptors (Lipinski definition) is 6. The summed E-state index contributed by atoms with van der Waals surface area (Å²) in [4.78, 5) is 28.4. The van der Waals surface area contributed by atoms with Crippen LogP contribution in [0.5, 0.6) is 5.75 Å². The van der Waals surface area contributed by atoms with Crippen LogP contribution in [0.3, 0.4) is 0 Å². The Morgan fingerprint density at radius 2 is 2.09 bits per heavy atom. The second-order valence-corrected chi connectivity index (χ2v) is 5.49. The third kappa shape index (κ3) is 2.42. The van der Waals surface area contributed by atoms with Gasteiger partial charge in [-0.2, -0.15) is 5.26 Å². The van der Waals surface area contributed by atoms with Crippen LogP contribution in [0.15, 0.2) is 34.2 Å². The SMILES string of the molecule is N#CCSc1nc2c(c(=O)n1-c1ccc(O)cc1)CC(=O)N2. The van der Waals surface area contributed by atoms with Gasteiger partial charge >= 0.3 is 0 Å². The van der Waals surface area contributed by atoms with E-state index in [1.54, 1.807) is 12.1 Å². The van der Waals surface area contributed by atoms with Crippen molar-refractivity contribution in [2.24, 2.45) is 0 Å². The average Bonchev–Trinajstić information content (AvgIpc) is 2.87. The molecule has 110 valence electrons. The van der Waals surface area contributed by atoms with E-state index in [1.165, 1.54) is 16.7 Å². The van der Waals surface area contributed by atoms with Crippen molar-refractivity contribution in [2.45, 2.75) is 11.6 Å². The molecule has 0 atom stereocenters. The Kier molecular flexibility index (Phi) is 3.56. The van der Waals surface area contributed by atoms with E-state index in [-0.39, 0.29) is 35.2 Å². The van der Waals surface area contributed by atoms with E-state index in [0.717, 1.165) is 11.8 Å². The van der Waals surface area contributed by atoms with Crippen LogP contribution in [0.4, 0.5) is 5.82 Å². The molecule has 7 nitrogen and oxygen atoms in total. The first kappa shape index (κ1) is 14.2. The summed E-state index contributed by atoms with van der Waals surface area (Å²) in [7, 11) is 0. The van der Waals surface area contributed by atoms with Crippen LogP contribution in [-0.2, 0) is 11.2 Å². The van der Waals surface area contributed by atoms with Gasteiger partial charge in [0.15, 0.2) is 5.16 Å². The number of aromatic hydroxyl groups is 1. The highest BCUT2D eigenvalue weighted by atomic mass is 32.2. The third-order valence-electron chi connectivity index (χ3n) is 3.11. The summed E-state index contributed by atoms with van der Waals surface area (Å²) < 4.78 is 1.35. The summed E-state index contributed by atoms with van der Waals surface area (Å²) in [5.41, 5.74) is 0.465. The summed E-state index contributed by atoms with van der Waals surface area (Å²) in [5, 5.41) is 21.0. The molecule has 2 heterocycles. The predicted molar refractivity (Wildman–Crippen MR) is 80.2 cm³/mol. The molecule has 22 heavy (non-hydrogen) atoms. The quantitative estimate of drug-likeness (QED) is 0.647. The molecular weight excluding hydrogens is 304 g/mol. The van der Waals surface area contributed by atoms with E-state index < -0.39 is 0 Å². The lowest BCUT2D eigenvalue weighted by Crippen LogP contribution is -2.24. The lowest BCUT2D eigenvalue weighted by molar-refractivity contribution is -0.115. The number of nitrogens with one attached hydrogen (secondary N) is 1. The number of nitrogens with zero attached hydrogens (tertiary/aromatic N) is 3. The second kappa shape index (κ2) is 5.54. The van der Waals surface area contributed by atoms with Crippen molar-refractivity contribution in [1.82, 2.24) is 9.55 Å². The number of anilines is 1.